The molecule has 1 aromatic heterocycles. The highest BCUT2D eigenvalue weighted by Gasteiger charge is 2.10. The van der Waals surface area contributed by atoms with Crippen LogP contribution in [0.4, 0.5) is 5.69 Å². The topological polar surface area (TPSA) is 33.0 Å². The summed E-state index contributed by atoms with van der Waals surface area (Å²) >= 11 is 0. The van der Waals surface area contributed by atoms with E-state index in [0.717, 1.165) is 17.7 Å². The molecule has 3 aromatic rings. The standard InChI is InChI=1S/C21H20N2O/c1-17-7-5-6-10-20(17)22-21(24)16-23-13-11-19(12-14-23)15-18-8-3-2-4-9-18/h2-14H,15-16H2,1H3/p+1. The van der Waals surface area contributed by atoms with Crippen LogP contribution in [0.2, 0.25) is 0 Å². The summed E-state index contributed by atoms with van der Waals surface area (Å²) in [7, 11) is 0. The molecule has 0 aliphatic carbocycles. The third-order valence-corrected chi connectivity index (χ3v) is 3.96. The second-order valence-corrected chi connectivity index (χ2v) is 5.90. The summed E-state index contributed by atoms with van der Waals surface area (Å²) in [4.78, 5) is 12.2. The van der Waals surface area contributed by atoms with E-state index in [2.05, 4.69) is 29.6 Å². The van der Waals surface area contributed by atoms with Gasteiger partial charge in [0.2, 0.25) is 6.54 Å². The van der Waals surface area contributed by atoms with Gasteiger partial charge in [-0.1, -0.05) is 48.5 Å². The first kappa shape index (κ1) is 15.9. The number of benzene rings is 2. The summed E-state index contributed by atoms with van der Waals surface area (Å²) in [6, 6.07) is 22.3. The Morgan fingerprint density at radius 3 is 2.21 bits per heavy atom. The number of anilines is 1. The predicted molar refractivity (Wildman–Crippen MR) is 95.7 cm³/mol. The van der Waals surface area contributed by atoms with Gasteiger partial charge in [0.15, 0.2) is 12.4 Å². The van der Waals surface area contributed by atoms with Crippen LogP contribution in [0.3, 0.4) is 0 Å². The largest absolute Gasteiger partial charge is 0.320 e. The third-order valence-electron chi connectivity index (χ3n) is 3.96. The monoisotopic (exact) mass is 317 g/mol. The zero-order valence-electron chi connectivity index (χ0n) is 13.8. The molecule has 120 valence electrons. The van der Waals surface area contributed by atoms with Crippen LogP contribution >= 0.6 is 0 Å². The molecule has 1 N–H and O–H groups in total. The lowest BCUT2D eigenvalue weighted by molar-refractivity contribution is -0.684. The van der Waals surface area contributed by atoms with Gasteiger partial charge in [-0.15, -0.1) is 0 Å². The molecular formula is C21H21N2O+. The average Bonchev–Trinajstić information content (AvgIpc) is 2.60. The van der Waals surface area contributed by atoms with Crippen molar-refractivity contribution in [2.75, 3.05) is 5.32 Å². The Morgan fingerprint density at radius 1 is 0.875 bits per heavy atom. The number of aryl methyl sites for hydroxylation is 1. The number of amides is 1. The molecule has 0 radical (unpaired) electrons. The van der Waals surface area contributed by atoms with Gasteiger partial charge in [-0.3, -0.25) is 4.79 Å². The van der Waals surface area contributed by atoms with Crippen LogP contribution in [0.25, 0.3) is 0 Å². The first-order valence-electron chi connectivity index (χ1n) is 8.08. The lowest BCUT2D eigenvalue weighted by atomic mass is 10.1. The number of para-hydroxylation sites is 1. The molecule has 3 heteroatoms. The first-order valence-corrected chi connectivity index (χ1v) is 8.08. The number of pyridine rings is 1. The SMILES string of the molecule is Cc1ccccc1NC(=O)C[n+]1ccc(Cc2ccccc2)cc1. The van der Waals surface area contributed by atoms with Crippen molar-refractivity contribution < 1.29 is 9.36 Å². The van der Waals surface area contributed by atoms with E-state index >= 15 is 0 Å². The van der Waals surface area contributed by atoms with Gasteiger partial charge in [0, 0.05) is 17.8 Å². The van der Waals surface area contributed by atoms with Crippen molar-refractivity contribution in [1.82, 2.24) is 0 Å². The molecule has 0 aliphatic rings. The van der Waals surface area contributed by atoms with Crippen molar-refractivity contribution in [1.29, 1.82) is 0 Å². The fourth-order valence-corrected chi connectivity index (χ4v) is 2.61. The number of carbonyl (C=O) groups excluding carboxylic acids is 1. The lowest BCUT2D eigenvalue weighted by Gasteiger charge is -2.06. The van der Waals surface area contributed by atoms with Crippen LogP contribution in [0.5, 0.6) is 0 Å². The molecule has 0 aliphatic heterocycles. The van der Waals surface area contributed by atoms with Gasteiger partial charge in [-0.25, -0.2) is 0 Å². The van der Waals surface area contributed by atoms with Crippen LogP contribution < -0.4 is 9.88 Å². The Kier molecular flexibility index (Phi) is 5.02. The molecule has 0 fully saturated rings. The molecule has 0 saturated carbocycles. The van der Waals surface area contributed by atoms with Crippen molar-refractivity contribution in [2.24, 2.45) is 0 Å². The summed E-state index contributed by atoms with van der Waals surface area (Å²) in [6.45, 7) is 2.29. The Labute approximate surface area is 142 Å². The Bertz CT molecular complexity index is 811. The quantitative estimate of drug-likeness (QED) is 0.718. The van der Waals surface area contributed by atoms with Gasteiger partial charge in [-0.2, -0.15) is 4.57 Å². The van der Waals surface area contributed by atoms with Crippen LogP contribution in [-0.4, -0.2) is 5.91 Å². The smallest absolute Gasteiger partial charge is 0.290 e. The van der Waals surface area contributed by atoms with Crippen LogP contribution in [0.15, 0.2) is 79.1 Å². The van der Waals surface area contributed by atoms with Crippen molar-refractivity contribution >= 4 is 11.6 Å². The Balaban J connectivity index is 1.60. The molecule has 0 unspecified atom stereocenters. The van der Waals surface area contributed by atoms with Gasteiger partial charge in [0.25, 0.3) is 5.91 Å². The maximum atomic E-state index is 12.2. The van der Waals surface area contributed by atoms with E-state index in [0.29, 0.717) is 6.54 Å². The zero-order chi connectivity index (χ0) is 16.8. The fourth-order valence-electron chi connectivity index (χ4n) is 2.61. The number of nitrogens with one attached hydrogen (secondary N) is 1. The Morgan fingerprint density at radius 2 is 1.50 bits per heavy atom. The number of carbonyl (C=O) groups is 1. The number of hydrogen-bond acceptors (Lipinski definition) is 1. The highest BCUT2D eigenvalue weighted by molar-refractivity contribution is 5.90. The second kappa shape index (κ2) is 7.55. The fraction of sp³-hybridized carbons (Fsp3) is 0.143. The van der Waals surface area contributed by atoms with Crippen LogP contribution in [0.1, 0.15) is 16.7 Å². The van der Waals surface area contributed by atoms with Crippen LogP contribution in [0, 0.1) is 6.92 Å². The molecule has 0 bridgehead atoms. The molecule has 24 heavy (non-hydrogen) atoms. The minimum atomic E-state index is -0.0230. The minimum absolute atomic E-state index is 0.0230. The molecular weight excluding hydrogens is 296 g/mol. The van der Waals surface area contributed by atoms with Crippen molar-refractivity contribution in [3.8, 4) is 0 Å². The third kappa shape index (κ3) is 4.29. The maximum absolute atomic E-state index is 12.2. The van der Waals surface area contributed by atoms with E-state index < -0.39 is 0 Å². The molecule has 3 rings (SSSR count). The summed E-state index contributed by atoms with van der Waals surface area (Å²) in [5.41, 5.74) is 4.45. The van der Waals surface area contributed by atoms with Gasteiger partial charge in [0.1, 0.15) is 0 Å². The highest BCUT2D eigenvalue weighted by Crippen LogP contribution is 2.12. The van der Waals surface area contributed by atoms with E-state index in [4.69, 9.17) is 0 Å². The first-order chi connectivity index (χ1) is 11.7. The summed E-state index contributed by atoms with van der Waals surface area (Å²) in [6.07, 6.45) is 4.81. The molecule has 0 atom stereocenters. The van der Waals surface area contributed by atoms with Crippen molar-refractivity contribution in [2.45, 2.75) is 19.9 Å². The summed E-state index contributed by atoms with van der Waals surface area (Å²) in [5, 5.41) is 2.95. The van der Waals surface area contributed by atoms with Crippen LogP contribution in [-0.2, 0) is 17.8 Å². The second-order valence-electron chi connectivity index (χ2n) is 5.90. The van der Waals surface area contributed by atoms with Crippen molar-refractivity contribution in [3.05, 3.63) is 95.8 Å². The molecule has 0 spiro atoms. The highest BCUT2D eigenvalue weighted by atomic mass is 16.1. The molecule has 1 amide bonds. The number of rotatable bonds is 5. The van der Waals surface area contributed by atoms with E-state index in [1.807, 2.05) is 66.3 Å². The van der Waals surface area contributed by atoms with Gasteiger partial charge < -0.3 is 5.32 Å². The average molecular weight is 317 g/mol. The number of hydrogen-bond donors (Lipinski definition) is 1. The van der Waals surface area contributed by atoms with E-state index in [9.17, 15) is 4.79 Å². The summed E-state index contributed by atoms with van der Waals surface area (Å²) in [5.74, 6) is -0.0230. The van der Waals surface area contributed by atoms with Gasteiger partial charge in [0.05, 0.1) is 0 Å². The predicted octanol–water partition coefficient (Wildman–Crippen LogP) is 3.51. The Hall–Kier alpha value is -2.94. The molecule has 1 heterocycles. The van der Waals surface area contributed by atoms with E-state index in [1.165, 1.54) is 11.1 Å². The number of nitrogens with zero attached hydrogens (tertiary/aromatic N) is 1. The normalized spacial score (nSPS) is 10.4. The maximum Gasteiger partial charge on any atom is 0.290 e. The van der Waals surface area contributed by atoms with Crippen molar-refractivity contribution in [3.63, 3.8) is 0 Å². The molecule has 2 aromatic carbocycles. The van der Waals surface area contributed by atoms with E-state index in [1.54, 1.807) is 0 Å². The van der Waals surface area contributed by atoms with E-state index in [-0.39, 0.29) is 5.91 Å². The molecule has 0 saturated heterocycles. The number of aromatic nitrogens is 1. The lowest BCUT2D eigenvalue weighted by Crippen LogP contribution is -2.39. The minimum Gasteiger partial charge on any atom is -0.320 e. The zero-order valence-corrected chi connectivity index (χ0v) is 13.8. The summed E-state index contributed by atoms with van der Waals surface area (Å²) < 4.78 is 1.89. The van der Waals surface area contributed by atoms with Gasteiger partial charge in [-0.05, 0) is 36.1 Å². The van der Waals surface area contributed by atoms with Gasteiger partial charge >= 0.3 is 0 Å². The molecule has 3 nitrogen and oxygen atoms in total.